The molecular formula is C10H11F3N4O3. The maximum absolute atomic E-state index is 12.5. The van der Waals surface area contributed by atoms with Gasteiger partial charge in [-0.15, -0.1) is 0 Å². The van der Waals surface area contributed by atoms with Crippen molar-refractivity contribution in [3.63, 3.8) is 0 Å². The van der Waals surface area contributed by atoms with Crippen molar-refractivity contribution in [2.24, 2.45) is 0 Å². The average molecular weight is 292 g/mol. The van der Waals surface area contributed by atoms with Crippen molar-refractivity contribution < 1.29 is 22.9 Å². The van der Waals surface area contributed by atoms with E-state index >= 15 is 0 Å². The lowest BCUT2D eigenvalue weighted by Gasteiger charge is -2.13. The summed E-state index contributed by atoms with van der Waals surface area (Å²) >= 11 is 0. The van der Waals surface area contributed by atoms with Gasteiger partial charge in [-0.1, -0.05) is 0 Å². The number of pyridine rings is 1. The molecule has 0 radical (unpaired) electrons. The molecule has 0 atom stereocenters. The molecule has 0 saturated heterocycles. The number of nitro groups is 1. The Bertz CT molecular complexity index is 531. The lowest BCUT2D eigenvalue weighted by molar-refractivity contribution is -0.384. The number of rotatable bonds is 4. The van der Waals surface area contributed by atoms with Crippen LogP contribution in [0.2, 0.25) is 0 Å². The van der Waals surface area contributed by atoms with Crippen LogP contribution >= 0.6 is 0 Å². The van der Waals surface area contributed by atoms with Crippen molar-refractivity contribution in [1.29, 1.82) is 0 Å². The number of carbonyl (C=O) groups excluding carboxylic acids is 1. The van der Waals surface area contributed by atoms with Gasteiger partial charge in [-0.3, -0.25) is 14.9 Å². The zero-order valence-electron chi connectivity index (χ0n) is 10.6. The van der Waals surface area contributed by atoms with Crippen LogP contribution < -0.4 is 5.32 Å². The quantitative estimate of drug-likeness (QED) is 0.671. The van der Waals surface area contributed by atoms with Gasteiger partial charge < -0.3 is 10.2 Å². The van der Waals surface area contributed by atoms with E-state index in [9.17, 15) is 28.1 Å². The highest BCUT2D eigenvalue weighted by atomic mass is 19.4. The summed E-state index contributed by atoms with van der Waals surface area (Å²) in [7, 11) is 2.90. The first-order valence-electron chi connectivity index (χ1n) is 5.28. The molecule has 0 spiro atoms. The molecule has 1 aromatic rings. The predicted molar refractivity (Wildman–Crippen MR) is 63.1 cm³/mol. The van der Waals surface area contributed by atoms with Crippen LogP contribution in [0.25, 0.3) is 0 Å². The number of amides is 1. The van der Waals surface area contributed by atoms with E-state index in [1.165, 1.54) is 19.0 Å². The van der Waals surface area contributed by atoms with Crippen LogP contribution in [0.15, 0.2) is 12.3 Å². The molecule has 0 aromatic carbocycles. The van der Waals surface area contributed by atoms with Crippen molar-refractivity contribution in [3.05, 3.63) is 28.1 Å². The molecular weight excluding hydrogens is 281 g/mol. The van der Waals surface area contributed by atoms with Crippen molar-refractivity contribution in [2.75, 3.05) is 26.0 Å². The standard InChI is InChI=1S/C10H11F3N4O3/c1-16(2)9(18)5-14-6-3-8(10(11,12)13)15-4-7(6)17(19)20/h3-4H,5H2,1-2H3,(H,14,15). The lowest BCUT2D eigenvalue weighted by Crippen LogP contribution is -2.28. The summed E-state index contributed by atoms with van der Waals surface area (Å²) in [4.78, 5) is 25.4. The van der Waals surface area contributed by atoms with Crippen molar-refractivity contribution in [3.8, 4) is 0 Å². The number of aromatic nitrogens is 1. The molecule has 0 aliphatic heterocycles. The third kappa shape index (κ3) is 3.80. The molecule has 110 valence electrons. The Morgan fingerprint density at radius 2 is 2.10 bits per heavy atom. The van der Waals surface area contributed by atoms with E-state index < -0.39 is 34.1 Å². The fourth-order valence-corrected chi connectivity index (χ4v) is 1.22. The highest BCUT2D eigenvalue weighted by Crippen LogP contribution is 2.32. The lowest BCUT2D eigenvalue weighted by atomic mass is 10.2. The largest absolute Gasteiger partial charge is 0.433 e. The molecule has 1 amide bonds. The molecule has 1 rings (SSSR count). The number of hydrogen-bond donors (Lipinski definition) is 1. The molecule has 0 aliphatic rings. The number of nitrogens with zero attached hydrogens (tertiary/aromatic N) is 3. The van der Waals surface area contributed by atoms with Crippen LogP contribution in [0, 0.1) is 10.1 Å². The number of nitrogens with one attached hydrogen (secondary N) is 1. The topological polar surface area (TPSA) is 88.4 Å². The molecule has 10 heteroatoms. The van der Waals surface area contributed by atoms with E-state index in [1.54, 1.807) is 0 Å². The first-order chi connectivity index (χ1) is 9.12. The van der Waals surface area contributed by atoms with Crippen LogP contribution in [-0.4, -0.2) is 41.4 Å². The molecule has 0 aliphatic carbocycles. The molecule has 1 aromatic heterocycles. The second-order valence-electron chi connectivity index (χ2n) is 3.98. The third-order valence-corrected chi connectivity index (χ3v) is 2.30. The minimum Gasteiger partial charge on any atom is -0.370 e. The number of likely N-dealkylation sites (N-methyl/N-ethyl adjacent to an activating group) is 1. The highest BCUT2D eigenvalue weighted by molar-refractivity contribution is 5.81. The predicted octanol–water partition coefficient (Wildman–Crippen LogP) is 1.51. The fraction of sp³-hybridized carbons (Fsp3) is 0.400. The smallest absolute Gasteiger partial charge is 0.370 e. The van der Waals surface area contributed by atoms with Gasteiger partial charge in [0.15, 0.2) is 0 Å². The molecule has 1 N–H and O–H groups in total. The van der Waals surface area contributed by atoms with Gasteiger partial charge in [0, 0.05) is 14.1 Å². The van der Waals surface area contributed by atoms with Gasteiger partial charge in [0.1, 0.15) is 17.6 Å². The SMILES string of the molecule is CN(C)C(=O)CNc1cc(C(F)(F)F)ncc1[N+](=O)[O-]. The van der Waals surface area contributed by atoms with E-state index in [-0.39, 0.29) is 6.54 Å². The van der Waals surface area contributed by atoms with Gasteiger partial charge in [-0.05, 0) is 6.07 Å². The third-order valence-electron chi connectivity index (χ3n) is 2.30. The number of alkyl halides is 3. The molecule has 0 bridgehead atoms. The molecule has 0 saturated carbocycles. The Hall–Kier alpha value is -2.39. The first-order valence-corrected chi connectivity index (χ1v) is 5.28. The second-order valence-corrected chi connectivity index (χ2v) is 3.98. The zero-order chi connectivity index (χ0) is 15.5. The van der Waals surface area contributed by atoms with E-state index in [0.717, 1.165) is 0 Å². The van der Waals surface area contributed by atoms with Crippen molar-refractivity contribution in [2.45, 2.75) is 6.18 Å². The van der Waals surface area contributed by atoms with Gasteiger partial charge >= 0.3 is 11.9 Å². The summed E-state index contributed by atoms with van der Waals surface area (Å²) in [6.07, 6.45) is -4.22. The summed E-state index contributed by atoms with van der Waals surface area (Å²) in [6, 6.07) is 0.501. The molecule has 1 heterocycles. The molecule has 20 heavy (non-hydrogen) atoms. The number of hydrogen-bond acceptors (Lipinski definition) is 5. The van der Waals surface area contributed by atoms with E-state index in [0.29, 0.717) is 12.3 Å². The van der Waals surface area contributed by atoms with Crippen LogP contribution in [-0.2, 0) is 11.0 Å². The van der Waals surface area contributed by atoms with Gasteiger partial charge in [0.2, 0.25) is 5.91 Å². The maximum atomic E-state index is 12.5. The van der Waals surface area contributed by atoms with E-state index in [2.05, 4.69) is 10.3 Å². The number of anilines is 1. The van der Waals surface area contributed by atoms with Crippen LogP contribution in [0.3, 0.4) is 0 Å². The Kier molecular flexibility index (Phi) is 4.48. The zero-order valence-corrected chi connectivity index (χ0v) is 10.6. The molecule has 0 fully saturated rings. The highest BCUT2D eigenvalue weighted by Gasteiger charge is 2.34. The van der Waals surface area contributed by atoms with Crippen LogP contribution in [0.1, 0.15) is 5.69 Å². The molecule has 0 unspecified atom stereocenters. The first kappa shape index (κ1) is 15.7. The summed E-state index contributed by atoms with van der Waals surface area (Å²) in [5, 5.41) is 13.0. The summed E-state index contributed by atoms with van der Waals surface area (Å²) < 4.78 is 37.5. The van der Waals surface area contributed by atoms with Crippen molar-refractivity contribution >= 4 is 17.3 Å². The summed E-state index contributed by atoms with van der Waals surface area (Å²) in [6.45, 7) is -0.366. The Morgan fingerprint density at radius 3 is 2.55 bits per heavy atom. The van der Waals surface area contributed by atoms with Crippen molar-refractivity contribution in [1.82, 2.24) is 9.88 Å². The average Bonchev–Trinajstić information content (AvgIpc) is 2.34. The summed E-state index contributed by atoms with van der Waals surface area (Å²) in [5.41, 5.74) is -2.32. The maximum Gasteiger partial charge on any atom is 0.433 e. The molecule has 7 nitrogen and oxygen atoms in total. The minimum absolute atomic E-state index is 0.366. The second kappa shape index (κ2) is 5.72. The Labute approximate surface area is 111 Å². The number of carbonyl (C=O) groups is 1. The van der Waals surface area contributed by atoms with Gasteiger partial charge in [-0.25, -0.2) is 4.98 Å². The van der Waals surface area contributed by atoms with E-state index in [4.69, 9.17) is 0 Å². The monoisotopic (exact) mass is 292 g/mol. The summed E-state index contributed by atoms with van der Waals surface area (Å²) in [5.74, 6) is -0.440. The number of halogens is 3. The fourth-order valence-electron chi connectivity index (χ4n) is 1.22. The Morgan fingerprint density at radius 1 is 1.50 bits per heavy atom. The van der Waals surface area contributed by atoms with Gasteiger partial charge in [0.05, 0.1) is 11.5 Å². The minimum atomic E-state index is -4.73. The van der Waals surface area contributed by atoms with Gasteiger partial charge in [-0.2, -0.15) is 13.2 Å². The van der Waals surface area contributed by atoms with E-state index in [1.807, 2.05) is 0 Å². The van der Waals surface area contributed by atoms with Crippen LogP contribution in [0.4, 0.5) is 24.5 Å². The van der Waals surface area contributed by atoms with Crippen LogP contribution in [0.5, 0.6) is 0 Å². The Balaban J connectivity index is 3.07. The normalized spacial score (nSPS) is 11.1. The van der Waals surface area contributed by atoms with Gasteiger partial charge in [0.25, 0.3) is 0 Å².